The van der Waals surface area contributed by atoms with E-state index in [2.05, 4.69) is 17.2 Å². The van der Waals surface area contributed by atoms with Gasteiger partial charge < -0.3 is 20.5 Å². The lowest BCUT2D eigenvalue weighted by molar-refractivity contribution is -0.140. The van der Waals surface area contributed by atoms with Crippen molar-refractivity contribution in [3.05, 3.63) is 0 Å². The molecule has 0 aromatic carbocycles. The van der Waals surface area contributed by atoms with Gasteiger partial charge in [-0.3, -0.25) is 4.79 Å². The maximum Gasteiger partial charge on any atom is 0.451 e. The van der Waals surface area contributed by atoms with Gasteiger partial charge in [-0.25, -0.2) is 0 Å². The van der Waals surface area contributed by atoms with E-state index < -0.39 is 19.1 Å². The number of hydrogen-bond acceptors (Lipinski definition) is 4. The molecule has 1 unspecified atom stereocenters. The van der Waals surface area contributed by atoms with E-state index in [0.29, 0.717) is 19.2 Å². The molecular formula is C11H18BNO4. The number of unbranched alkanes of at least 4 members (excludes halogenated alkanes) is 1. The molecule has 17 heavy (non-hydrogen) atoms. The van der Waals surface area contributed by atoms with Crippen LogP contribution in [0.4, 0.5) is 0 Å². The Hall–Kier alpha value is -1.03. The molecular weight excluding hydrogens is 221 g/mol. The summed E-state index contributed by atoms with van der Waals surface area (Å²) in [6.07, 6.45) is 3.24. The molecule has 94 valence electrons. The van der Waals surface area contributed by atoms with E-state index in [-0.39, 0.29) is 5.92 Å². The lowest BCUT2D eigenvalue weighted by atomic mass is 9.84. The Morgan fingerprint density at radius 1 is 1.47 bits per heavy atom. The first-order chi connectivity index (χ1) is 8.11. The van der Waals surface area contributed by atoms with Crippen molar-refractivity contribution in [3.8, 4) is 11.8 Å². The van der Waals surface area contributed by atoms with Gasteiger partial charge in [0, 0.05) is 12.3 Å². The first-order valence-electron chi connectivity index (χ1n) is 5.92. The zero-order valence-corrected chi connectivity index (χ0v) is 9.72. The van der Waals surface area contributed by atoms with Crippen LogP contribution in [0.25, 0.3) is 0 Å². The molecule has 0 spiro atoms. The van der Waals surface area contributed by atoms with Crippen LogP contribution < -0.4 is 5.32 Å². The molecule has 2 atom stereocenters. The number of carboxylic acid groups (broad SMARTS) is 1. The van der Waals surface area contributed by atoms with Gasteiger partial charge in [-0.15, -0.1) is 5.92 Å². The lowest BCUT2D eigenvalue weighted by Gasteiger charge is -2.25. The van der Waals surface area contributed by atoms with Gasteiger partial charge in [-0.2, -0.15) is 0 Å². The summed E-state index contributed by atoms with van der Waals surface area (Å²) in [5.41, 5.74) is 0. The smallest absolute Gasteiger partial charge is 0.451 e. The van der Waals surface area contributed by atoms with Crippen LogP contribution in [0.15, 0.2) is 0 Å². The summed E-state index contributed by atoms with van der Waals surface area (Å²) in [7, 11) is -1.28. The molecule has 4 N–H and O–H groups in total. The Morgan fingerprint density at radius 2 is 2.24 bits per heavy atom. The molecule has 0 aromatic rings. The van der Waals surface area contributed by atoms with E-state index in [1.54, 1.807) is 0 Å². The molecule has 0 radical (unpaired) electrons. The Kier molecular flexibility index (Phi) is 6.05. The fraction of sp³-hybridized carbons (Fsp3) is 0.727. The van der Waals surface area contributed by atoms with Crippen molar-refractivity contribution in [3.63, 3.8) is 0 Å². The van der Waals surface area contributed by atoms with E-state index in [0.717, 1.165) is 19.4 Å². The average Bonchev–Trinajstić information content (AvgIpc) is 2.28. The number of carbonyl (C=O) groups is 1. The van der Waals surface area contributed by atoms with Crippen LogP contribution in [-0.2, 0) is 4.79 Å². The SMILES string of the molecule is O=C(O)[C@H]1NCCCC1C#CCCCB(O)O. The van der Waals surface area contributed by atoms with Crippen molar-refractivity contribution in [2.45, 2.75) is 38.0 Å². The van der Waals surface area contributed by atoms with Gasteiger partial charge in [-0.05, 0) is 32.1 Å². The predicted molar refractivity (Wildman–Crippen MR) is 64.2 cm³/mol. The van der Waals surface area contributed by atoms with Crippen LogP contribution in [-0.4, -0.2) is 40.8 Å². The second-order valence-corrected chi connectivity index (χ2v) is 4.21. The molecule has 0 saturated carbocycles. The zero-order chi connectivity index (χ0) is 12.7. The number of aliphatic carboxylic acids is 1. The van der Waals surface area contributed by atoms with E-state index in [1.807, 2.05) is 0 Å². The summed E-state index contributed by atoms with van der Waals surface area (Å²) in [6, 6.07) is -0.570. The summed E-state index contributed by atoms with van der Waals surface area (Å²) < 4.78 is 0. The van der Waals surface area contributed by atoms with Crippen molar-refractivity contribution in [2.24, 2.45) is 5.92 Å². The van der Waals surface area contributed by atoms with Gasteiger partial charge in [0.15, 0.2) is 0 Å². The largest absolute Gasteiger partial charge is 0.480 e. The monoisotopic (exact) mass is 239 g/mol. The van der Waals surface area contributed by atoms with Crippen molar-refractivity contribution in [1.82, 2.24) is 5.32 Å². The third-order valence-corrected chi connectivity index (χ3v) is 2.78. The molecule has 0 amide bonds. The minimum atomic E-state index is -1.28. The van der Waals surface area contributed by atoms with Gasteiger partial charge in [0.05, 0.1) is 0 Å². The van der Waals surface area contributed by atoms with E-state index >= 15 is 0 Å². The standard InChI is InChI=1S/C11H18BNO4/c14-11(15)10-9(6-4-8-13-10)5-2-1-3-7-12(16)17/h9-10,13,16-17H,1,3-4,6-8H2,(H,14,15)/t9?,10-/m0/s1. The first-order valence-corrected chi connectivity index (χ1v) is 5.92. The Labute approximate surface area is 101 Å². The minimum Gasteiger partial charge on any atom is -0.480 e. The Bertz CT molecular complexity index is 310. The Morgan fingerprint density at radius 3 is 2.88 bits per heavy atom. The average molecular weight is 239 g/mol. The number of piperidine rings is 1. The third kappa shape index (κ3) is 5.22. The van der Waals surface area contributed by atoms with Gasteiger partial charge in [0.1, 0.15) is 6.04 Å². The molecule has 1 saturated heterocycles. The van der Waals surface area contributed by atoms with Crippen LogP contribution in [0, 0.1) is 17.8 Å². The maximum absolute atomic E-state index is 10.9. The minimum absolute atomic E-state index is 0.139. The van der Waals surface area contributed by atoms with Crippen LogP contribution >= 0.6 is 0 Å². The number of nitrogens with one attached hydrogen (secondary N) is 1. The maximum atomic E-state index is 10.9. The molecule has 6 heteroatoms. The number of hydrogen-bond donors (Lipinski definition) is 4. The van der Waals surface area contributed by atoms with Crippen LogP contribution in [0.5, 0.6) is 0 Å². The molecule has 5 nitrogen and oxygen atoms in total. The van der Waals surface area contributed by atoms with Gasteiger partial charge in [0.25, 0.3) is 0 Å². The normalized spacial score (nSPS) is 23.6. The van der Waals surface area contributed by atoms with Gasteiger partial charge in [0.2, 0.25) is 0 Å². The predicted octanol–water partition coefficient (Wildman–Crippen LogP) is -0.304. The highest BCUT2D eigenvalue weighted by atomic mass is 16.4. The molecule has 0 aromatic heterocycles. The van der Waals surface area contributed by atoms with E-state index in [9.17, 15) is 4.79 Å². The summed E-state index contributed by atoms with van der Waals surface area (Å²) >= 11 is 0. The van der Waals surface area contributed by atoms with Crippen LogP contribution in [0.2, 0.25) is 6.32 Å². The summed E-state index contributed by atoms with van der Waals surface area (Å²) in [6.45, 7) is 0.728. The quantitative estimate of drug-likeness (QED) is 0.307. The van der Waals surface area contributed by atoms with Crippen molar-refractivity contribution < 1.29 is 19.9 Å². The highest BCUT2D eigenvalue weighted by molar-refractivity contribution is 6.40. The molecule has 1 aliphatic heterocycles. The molecule has 0 bridgehead atoms. The van der Waals surface area contributed by atoms with Crippen molar-refractivity contribution in [2.75, 3.05) is 6.54 Å². The Balaban J connectivity index is 2.37. The summed E-state index contributed by atoms with van der Waals surface area (Å²) in [5.74, 6) is 4.90. The fourth-order valence-corrected chi connectivity index (χ4v) is 1.88. The number of carboxylic acids is 1. The van der Waals surface area contributed by atoms with Crippen molar-refractivity contribution >= 4 is 13.1 Å². The zero-order valence-electron chi connectivity index (χ0n) is 9.72. The molecule has 1 fully saturated rings. The lowest BCUT2D eigenvalue weighted by Crippen LogP contribution is -2.46. The number of rotatable bonds is 4. The second kappa shape index (κ2) is 7.33. The fourth-order valence-electron chi connectivity index (χ4n) is 1.88. The highest BCUT2D eigenvalue weighted by Gasteiger charge is 2.28. The van der Waals surface area contributed by atoms with E-state index in [4.69, 9.17) is 15.2 Å². The highest BCUT2D eigenvalue weighted by Crippen LogP contribution is 2.15. The topological polar surface area (TPSA) is 89.8 Å². The third-order valence-electron chi connectivity index (χ3n) is 2.78. The summed E-state index contributed by atoms with van der Waals surface area (Å²) in [4.78, 5) is 10.9. The van der Waals surface area contributed by atoms with E-state index in [1.165, 1.54) is 0 Å². The summed E-state index contributed by atoms with van der Waals surface area (Å²) in [5, 5.41) is 29.2. The molecule has 1 aliphatic rings. The van der Waals surface area contributed by atoms with Gasteiger partial charge in [-0.1, -0.05) is 5.92 Å². The second-order valence-electron chi connectivity index (χ2n) is 4.21. The molecule has 0 aliphatic carbocycles. The van der Waals surface area contributed by atoms with Crippen LogP contribution in [0.1, 0.15) is 25.7 Å². The molecule has 1 heterocycles. The van der Waals surface area contributed by atoms with Gasteiger partial charge >= 0.3 is 13.1 Å². The van der Waals surface area contributed by atoms with Crippen molar-refractivity contribution in [1.29, 1.82) is 0 Å². The van der Waals surface area contributed by atoms with Crippen LogP contribution in [0.3, 0.4) is 0 Å². The first kappa shape index (κ1) is 14.0. The molecule has 1 rings (SSSR count).